The zero-order chi connectivity index (χ0) is 19.2. The summed E-state index contributed by atoms with van der Waals surface area (Å²) >= 11 is 0. The normalized spacial score (nSPS) is 16.7. The lowest BCUT2D eigenvalue weighted by atomic mass is 10.1. The van der Waals surface area contributed by atoms with Gasteiger partial charge in [-0.1, -0.05) is 12.1 Å². The quantitative estimate of drug-likeness (QED) is 0.586. The minimum Gasteiger partial charge on any atom is -0.378 e. The number of aromatic nitrogens is 3. The van der Waals surface area contributed by atoms with Gasteiger partial charge in [-0.3, -0.25) is 4.99 Å². The molecule has 8 nitrogen and oxygen atoms in total. The molecule has 2 N–H and O–H groups in total. The average molecular weight is 371 g/mol. The minimum absolute atomic E-state index is 0.275. The zero-order valence-corrected chi connectivity index (χ0v) is 16.6. The van der Waals surface area contributed by atoms with Crippen LogP contribution in [0.25, 0.3) is 0 Å². The van der Waals surface area contributed by atoms with E-state index in [0.29, 0.717) is 6.61 Å². The van der Waals surface area contributed by atoms with E-state index < -0.39 is 0 Å². The van der Waals surface area contributed by atoms with E-state index in [0.717, 1.165) is 43.5 Å². The molecule has 2 aromatic rings. The molecular weight excluding hydrogens is 342 g/mol. The maximum absolute atomic E-state index is 5.12. The molecule has 1 unspecified atom stereocenters. The Morgan fingerprint density at radius 1 is 1.33 bits per heavy atom. The van der Waals surface area contributed by atoms with Crippen molar-refractivity contribution in [2.75, 3.05) is 33.2 Å². The van der Waals surface area contributed by atoms with E-state index in [1.54, 1.807) is 14.2 Å². The predicted octanol–water partition coefficient (Wildman–Crippen LogP) is 1.17. The minimum atomic E-state index is 0.275. The van der Waals surface area contributed by atoms with Gasteiger partial charge in [0.25, 0.3) is 0 Å². The van der Waals surface area contributed by atoms with Gasteiger partial charge in [-0.2, -0.15) is 5.10 Å². The van der Waals surface area contributed by atoms with Crippen LogP contribution in [-0.2, 0) is 30.9 Å². The van der Waals surface area contributed by atoms with Crippen LogP contribution in [0.2, 0.25) is 0 Å². The van der Waals surface area contributed by atoms with Gasteiger partial charge in [0.1, 0.15) is 12.4 Å². The van der Waals surface area contributed by atoms with Crippen molar-refractivity contribution >= 4 is 11.6 Å². The Balaban J connectivity index is 1.53. The SMILES string of the molecule is CN=C(NCc1ccc(N(C)C)cc1)NC1CCc2nc(COC)nn2C1. The van der Waals surface area contributed by atoms with Crippen molar-refractivity contribution in [3.05, 3.63) is 41.5 Å². The summed E-state index contributed by atoms with van der Waals surface area (Å²) < 4.78 is 7.10. The van der Waals surface area contributed by atoms with Crippen LogP contribution in [0.1, 0.15) is 23.6 Å². The van der Waals surface area contributed by atoms with Gasteiger partial charge in [0, 0.05) is 52.9 Å². The predicted molar refractivity (Wildman–Crippen MR) is 107 cm³/mol. The maximum atomic E-state index is 5.12. The van der Waals surface area contributed by atoms with Gasteiger partial charge < -0.3 is 20.3 Å². The fourth-order valence-corrected chi connectivity index (χ4v) is 3.15. The van der Waals surface area contributed by atoms with E-state index in [4.69, 9.17) is 4.74 Å². The highest BCUT2D eigenvalue weighted by molar-refractivity contribution is 5.80. The van der Waals surface area contributed by atoms with Crippen molar-refractivity contribution in [1.82, 2.24) is 25.4 Å². The fraction of sp³-hybridized carbons (Fsp3) is 0.526. The van der Waals surface area contributed by atoms with Gasteiger partial charge in [-0.05, 0) is 24.1 Å². The number of fused-ring (bicyclic) bond motifs is 1. The van der Waals surface area contributed by atoms with E-state index >= 15 is 0 Å². The molecule has 0 bridgehead atoms. The molecule has 1 atom stereocenters. The molecule has 0 saturated heterocycles. The van der Waals surface area contributed by atoms with Gasteiger partial charge in [-0.15, -0.1) is 0 Å². The molecule has 0 aliphatic carbocycles. The molecule has 1 aromatic carbocycles. The van der Waals surface area contributed by atoms with Crippen LogP contribution >= 0.6 is 0 Å². The summed E-state index contributed by atoms with van der Waals surface area (Å²) in [5.41, 5.74) is 2.41. The number of methoxy groups -OCH3 is 1. The van der Waals surface area contributed by atoms with Crippen LogP contribution < -0.4 is 15.5 Å². The van der Waals surface area contributed by atoms with E-state index in [1.165, 1.54) is 11.3 Å². The van der Waals surface area contributed by atoms with Crippen LogP contribution in [0, 0.1) is 0 Å². The molecule has 8 heteroatoms. The van der Waals surface area contributed by atoms with Crippen molar-refractivity contribution in [1.29, 1.82) is 0 Å². The summed E-state index contributed by atoms with van der Waals surface area (Å²) in [6.07, 6.45) is 1.90. The highest BCUT2D eigenvalue weighted by Crippen LogP contribution is 2.14. The first-order valence-electron chi connectivity index (χ1n) is 9.24. The second-order valence-electron chi connectivity index (χ2n) is 6.93. The average Bonchev–Trinajstić information content (AvgIpc) is 3.07. The molecule has 0 amide bonds. The van der Waals surface area contributed by atoms with Gasteiger partial charge in [0.05, 0.1) is 6.54 Å². The molecular formula is C19H29N7O. The maximum Gasteiger partial charge on any atom is 0.191 e. The Hall–Kier alpha value is -2.61. The second-order valence-corrected chi connectivity index (χ2v) is 6.93. The van der Waals surface area contributed by atoms with Gasteiger partial charge in [-0.25, -0.2) is 9.67 Å². The molecule has 146 valence electrons. The molecule has 1 aromatic heterocycles. The van der Waals surface area contributed by atoms with Crippen molar-refractivity contribution in [2.24, 2.45) is 4.99 Å². The van der Waals surface area contributed by atoms with Crippen LogP contribution in [0.15, 0.2) is 29.3 Å². The number of nitrogens with one attached hydrogen (secondary N) is 2. The van der Waals surface area contributed by atoms with Crippen LogP contribution in [-0.4, -0.2) is 55.0 Å². The Bertz CT molecular complexity index is 767. The Kier molecular flexibility index (Phi) is 6.28. The number of nitrogens with zero attached hydrogens (tertiary/aromatic N) is 5. The number of hydrogen-bond acceptors (Lipinski definition) is 5. The third-order valence-corrected chi connectivity index (χ3v) is 4.65. The first-order valence-corrected chi connectivity index (χ1v) is 9.24. The Labute approximate surface area is 160 Å². The smallest absolute Gasteiger partial charge is 0.191 e. The third kappa shape index (κ3) is 4.97. The summed E-state index contributed by atoms with van der Waals surface area (Å²) in [7, 11) is 7.54. The fourth-order valence-electron chi connectivity index (χ4n) is 3.15. The van der Waals surface area contributed by atoms with Crippen molar-refractivity contribution < 1.29 is 4.74 Å². The number of hydrogen-bond donors (Lipinski definition) is 2. The zero-order valence-electron chi connectivity index (χ0n) is 16.6. The second kappa shape index (κ2) is 8.85. The highest BCUT2D eigenvalue weighted by atomic mass is 16.5. The number of benzene rings is 1. The molecule has 27 heavy (non-hydrogen) atoms. The summed E-state index contributed by atoms with van der Waals surface area (Å²) in [5, 5.41) is 11.4. The molecule has 0 saturated carbocycles. The lowest BCUT2D eigenvalue weighted by Gasteiger charge is -2.25. The number of guanidine groups is 1. The van der Waals surface area contributed by atoms with Crippen LogP contribution in [0.3, 0.4) is 0 Å². The van der Waals surface area contributed by atoms with Gasteiger partial charge in [0.15, 0.2) is 11.8 Å². The summed E-state index contributed by atoms with van der Waals surface area (Å²) in [6.45, 7) is 1.96. The van der Waals surface area contributed by atoms with Crippen molar-refractivity contribution in [3.63, 3.8) is 0 Å². The van der Waals surface area contributed by atoms with Crippen molar-refractivity contribution in [3.8, 4) is 0 Å². The molecule has 0 fully saturated rings. The number of aryl methyl sites for hydroxylation is 1. The summed E-state index contributed by atoms with van der Waals surface area (Å²) in [6, 6.07) is 8.79. The molecule has 1 aliphatic rings. The van der Waals surface area contributed by atoms with Crippen molar-refractivity contribution in [2.45, 2.75) is 38.6 Å². The van der Waals surface area contributed by atoms with Crippen LogP contribution in [0.5, 0.6) is 0 Å². The monoisotopic (exact) mass is 371 g/mol. The Morgan fingerprint density at radius 3 is 2.78 bits per heavy atom. The van der Waals surface area contributed by atoms with Crippen LogP contribution in [0.4, 0.5) is 5.69 Å². The first-order chi connectivity index (χ1) is 13.1. The number of ether oxygens (including phenoxy) is 1. The highest BCUT2D eigenvalue weighted by Gasteiger charge is 2.22. The number of aliphatic imine (C=N–C) groups is 1. The third-order valence-electron chi connectivity index (χ3n) is 4.65. The standard InChI is InChI=1S/C19H29N7O/c1-20-19(21-11-14-5-8-16(9-6-14)25(2)3)22-15-7-10-18-23-17(13-27-4)24-26(18)12-15/h5-6,8-9,15H,7,10-13H2,1-4H3,(H2,20,21,22). The topological polar surface area (TPSA) is 79.6 Å². The lowest BCUT2D eigenvalue weighted by molar-refractivity contribution is 0.177. The Morgan fingerprint density at radius 2 is 2.11 bits per heavy atom. The van der Waals surface area contributed by atoms with Gasteiger partial charge >= 0.3 is 0 Å². The largest absolute Gasteiger partial charge is 0.378 e. The van der Waals surface area contributed by atoms with E-state index in [1.807, 2.05) is 18.8 Å². The molecule has 0 radical (unpaired) electrons. The molecule has 2 heterocycles. The number of rotatable bonds is 6. The molecule has 0 spiro atoms. The summed E-state index contributed by atoms with van der Waals surface area (Å²) in [5.74, 6) is 2.58. The van der Waals surface area contributed by atoms with E-state index in [9.17, 15) is 0 Å². The van der Waals surface area contributed by atoms with E-state index in [2.05, 4.69) is 54.9 Å². The van der Waals surface area contributed by atoms with E-state index in [-0.39, 0.29) is 6.04 Å². The molecule has 3 rings (SSSR count). The lowest BCUT2D eigenvalue weighted by Crippen LogP contribution is -2.46. The number of anilines is 1. The summed E-state index contributed by atoms with van der Waals surface area (Å²) in [4.78, 5) is 11.0. The first kappa shape index (κ1) is 19.2. The molecule has 1 aliphatic heterocycles. The van der Waals surface area contributed by atoms with Gasteiger partial charge in [0.2, 0.25) is 0 Å².